The fraction of sp³-hybridized carbons (Fsp3) is 0.192. The second-order valence-corrected chi connectivity index (χ2v) is 8.57. The zero-order valence-electron chi connectivity index (χ0n) is 18.3. The number of hydrogen-bond donors (Lipinski definition) is 0. The SMILES string of the molecule is CCN(C(=O)c1ccc(Cl)c(Cl)c1)C(C)c1nc2ccccc2c(=O)n1Cc1ccccc1. The molecule has 0 radical (unpaired) electrons. The number of rotatable bonds is 6. The highest BCUT2D eigenvalue weighted by atomic mass is 35.5. The predicted octanol–water partition coefficient (Wildman–Crippen LogP) is 5.97. The van der Waals surface area contributed by atoms with Crippen molar-refractivity contribution in [3.8, 4) is 0 Å². The number of hydrogen-bond acceptors (Lipinski definition) is 3. The molecule has 0 saturated carbocycles. The van der Waals surface area contributed by atoms with Crippen molar-refractivity contribution in [1.82, 2.24) is 14.5 Å². The quantitative estimate of drug-likeness (QED) is 0.342. The van der Waals surface area contributed by atoms with Crippen LogP contribution in [0.3, 0.4) is 0 Å². The summed E-state index contributed by atoms with van der Waals surface area (Å²) in [7, 11) is 0. The van der Waals surface area contributed by atoms with Gasteiger partial charge in [-0.1, -0.05) is 65.7 Å². The second-order valence-electron chi connectivity index (χ2n) is 7.76. The molecule has 4 aromatic rings. The summed E-state index contributed by atoms with van der Waals surface area (Å²) in [5, 5.41) is 1.25. The van der Waals surface area contributed by atoms with Gasteiger partial charge < -0.3 is 4.90 Å². The molecule has 0 saturated heterocycles. The lowest BCUT2D eigenvalue weighted by Gasteiger charge is -2.29. The smallest absolute Gasteiger partial charge is 0.261 e. The Morgan fingerprint density at radius 2 is 1.70 bits per heavy atom. The minimum absolute atomic E-state index is 0.135. The first-order valence-electron chi connectivity index (χ1n) is 10.7. The van der Waals surface area contributed by atoms with E-state index in [-0.39, 0.29) is 11.5 Å². The number of halogens is 2. The van der Waals surface area contributed by atoms with Crippen molar-refractivity contribution in [1.29, 1.82) is 0 Å². The number of aromatic nitrogens is 2. The van der Waals surface area contributed by atoms with E-state index in [4.69, 9.17) is 28.2 Å². The number of amides is 1. The number of para-hydroxylation sites is 1. The molecule has 5 nitrogen and oxygen atoms in total. The average molecular weight is 480 g/mol. The van der Waals surface area contributed by atoms with Gasteiger partial charge in [-0.25, -0.2) is 4.98 Å². The molecule has 1 heterocycles. The molecule has 0 aliphatic heterocycles. The molecule has 0 fully saturated rings. The topological polar surface area (TPSA) is 55.2 Å². The standard InChI is InChI=1S/C26H23Cl2N3O2/c1-3-30(25(32)19-13-14-21(27)22(28)15-19)17(2)24-29-23-12-8-7-11-20(23)26(33)31(24)16-18-9-5-4-6-10-18/h4-15,17H,3,16H2,1-2H3. The lowest BCUT2D eigenvalue weighted by atomic mass is 10.1. The Labute approximate surface area is 202 Å². The lowest BCUT2D eigenvalue weighted by molar-refractivity contribution is 0.0691. The summed E-state index contributed by atoms with van der Waals surface area (Å²) in [6, 6.07) is 21.4. The Morgan fingerprint density at radius 3 is 2.39 bits per heavy atom. The highest BCUT2D eigenvalue weighted by Crippen LogP contribution is 2.26. The van der Waals surface area contributed by atoms with Crippen LogP contribution in [0.5, 0.6) is 0 Å². The van der Waals surface area contributed by atoms with E-state index in [0.29, 0.717) is 45.4 Å². The van der Waals surface area contributed by atoms with Gasteiger partial charge in [-0.05, 0) is 49.7 Å². The number of carbonyl (C=O) groups excluding carboxylic acids is 1. The van der Waals surface area contributed by atoms with Crippen molar-refractivity contribution in [3.05, 3.63) is 110 Å². The first kappa shape index (κ1) is 23.0. The summed E-state index contributed by atoms with van der Waals surface area (Å²) in [4.78, 5) is 33.4. The Bertz CT molecular complexity index is 1370. The summed E-state index contributed by atoms with van der Waals surface area (Å²) in [5.41, 5.74) is 1.87. The molecule has 4 rings (SSSR count). The fourth-order valence-electron chi connectivity index (χ4n) is 3.95. The van der Waals surface area contributed by atoms with E-state index in [2.05, 4.69) is 0 Å². The van der Waals surface area contributed by atoms with Crippen LogP contribution in [0.25, 0.3) is 10.9 Å². The maximum absolute atomic E-state index is 13.5. The van der Waals surface area contributed by atoms with E-state index in [9.17, 15) is 9.59 Å². The van der Waals surface area contributed by atoms with Gasteiger partial charge in [-0.15, -0.1) is 0 Å². The third-order valence-electron chi connectivity index (χ3n) is 5.68. The van der Waals surface area contributed by atoms with Crippen molar-refractivity contribution in [3.63, 3.8) is 0 Å². The van der Waals surface area contributed by atoms with E-state index < -0.39 is 6.04 Å². The molecule has 0 N–H and O–H groups in total. The molecule has 1 aromatic heterocycles. The molecular weight excluding hydrogens is 457 g/mol. The molecule has 168 valence electrons. The van der Waals surface area contributed by atoms with Crippen LogP contribution >= 0.6 is 23.2 Å². The maximum atomic E-state index is 13.5. The van der Waals surface area contributed by atoms with Gasteiger partial charge >= 0.3 is 0 Å². The van der Waals surface area contributed by atoms with Crippen molar-refractivity contribution in [2.24, 2.45) is 0 Å². The van der Waals surface area contributed by atoms with Crippen LogP contribution in [0.15, 0.2) is 77.6 Å². The van der Waals surface area contributed by atoms with E-state index in [1.54, 1.807) is 33.7 Å². The van der Waals surface area contributed by atoms with Gasteiger partial charge in [0.25, 0.3) is 11.5 Å². The van der Waals surface area contributed by atoms with Crippen molar-refractivity contribution in [2.75, 3.05) is 6.54 Å². The summed E-state index contributed by atoms with van der Waals surface area (Å²) in [5.74, 6) is 0.315. The van der Waals surface area contributed by atoms with Gasteiger partial charge in [0.05, 0.1) is 33.5 Å². The molecule has 0 aliphatic carbocycles. The number of nitrogens with zero attached hydrogens (tertiary/aromatic N) is 3. The van der Waals surface area contributed by atoms with Gasteiger partial charge in [-0.2, -0.15) is 0 Å². The molecule has 0 bridgehead atoms. The minimum Gasteiger partial charge on any atom is -0.329 e. The largest absolute Gasteiger partial charge is 0.329 e. The van der Waals surface area contributed by atoms with Crippen LogP contribution in [0.2, 0.25) is 10.0 Å². The van der Waals surface area contributed by atoms with Crippen LogP contribution in [0, 0.1) is 0 Å². The molecular formula is C26H23Cl2N3O2. The first-order chi connectivity index (χ1) is 15.9. The van der Waals surface area contributed by atoms with E-state index in [0.717, 1.165) is 5.56 Å². The highest BCUT2D eigenvalue weighted by molar-refractivity contribution is 6.42. The van der Waals surface area contributed by atoms with Crippen molar-refractivity contribution in [2.45, 2.75) is 26.4 Å². The van der Waals surface area contributed by atoms with Crippen LogP contribution < -0.4 is 5.56 Å². The van der Waals surface area contributed by atoms with Gasteiger partial charge in [0.2, 0.25) is 0 Å². The molecule has 0 spiro atoms. The number of benzene rings is 3. The Hall–Kier alpha value is -3.15. The molecule has 3 aromatic carbocycles. The molecule has 1 unspecified atom stereocenters. The third kappa shape index (κ3) is 4.65. The summed E-state index contributed by atoms with van der Waals surface area (Å²) in [6.07, 6.45) is 0. The third-order valence-corrected chi connectivity index (χ3v) is 6.42. The van der Waals surface area contributed by atoms with E-state index in [1.165, 1.54) is 0 Å². The molecule has 1 amide bonds. The normalized spacial score (nSPS) is 12.0. The van der Waals surface area contributed by atoms with Crippen molar-refractivity contribution >= 4 is 40.0 Å². The zero-order chi connectivity index (χ0) is 23.5. The number of carbonyl (C=O) groups is 1. The highest BCUT2D eigenvalue weighted by Gasteiger charge is 2.26. The average Bonchev–Trinajstić information content (AvgIpc) is 2.83. The monoisotopic (exact) mass is 479 g/mol. The van der Waals surface area contributed by atoms with Gasteiger partial charge in [0.15, 0.2) is 0 Å². The zero-order valence-corrected chi connectivity index (χ0v) is 19.8. The molecule has 33 heavy (non-hydrogen) atoms. The van der Waals surface area contributed by atoms with Crippen LogP contribution in [-0.2, 0) is 6.54 Å². The van der Waals surface area contributed by atoms with Crippen LogP contribution in [-0.4, -0.2) is 26.9 Å². The molecule has 7 heteroatoms. The Kier molecular flexibility index (Phi) is 6.82. The Balaban J connectivity index is 1.82. The van der Waals surface area contributed by atoms with E-state index in [1.807, 2.05) is 62.4 Å². The van der Waals surface area contributed by atoms with E-state index >= 15 is 0 Å². The minimum atomic E-state index is -0.460. The summed E-state index contributed by atoms with van der Waals surface area (Å²) >= 11 is 12.2. The fourth-order valence-corrected chi connectivity index (χ4v) is 4.25. The van der Waals surface area contributed by atoms with Crippen LogP contribution in [0.1, 0.15) is 41.6 Å². The second kappa shape index (κ2) is 9.77. The van der Waals surface area contributed by atoms with Crippen LogP contribution in [0.4, 0.5) is 0 Å². The van der Waals surface area contributed by atoms with Crippen molar-refractivity contribution < 1.29 is 4.79 Å². The maximum Gasteiger partial charge on any atom is 0.261 e. The molecule has 0 aliphatic rings. The Morgan fingerprint density at radius 1 is 1.00 bits per heavy atom. The summed E-state index contributed by atoms with van der Waals surface area (Å²) in [6.45, 7) is 4.56. The predicted molar refractivity (Wildman–Crippen MR) is 133 cm³/mol. The molecule has 1 atom stereocenters. The van der Waals surface area contributed by atoms with Gasteiger partial charge in [-0.3, -0.25) is 14.2 Å². The number of fused-ring (bicyclic) bond motifs is 1. The van der Waals surface area contributed by atoms with Gasteiger partial charge in [0, 0.05) is 12.1 Å². The van der Waals surface area contributed by atoms with Gasteiger partial charge in [0.1, 0.15) is 5.82 Å². The first-order valence-corrected chi connectivity index (χ1v) is 11.5. The summed E-state index contributed by atoms with van der Waals surface area (Å²) < 4.78 is 1.66. The lowest BCUT2D eigenvalue weighted by Crippen LogP contribution is -2.38.